The highest BCUT2D eigenvalue weighted by Crippen LogP contribution is 2.37. The Morgan fingerprint density at radius 2 is 1.95 bits per heavy atom. The summed E-state index contributed by atoms with van der Waals surface area (Å²) < 4.78 is 6.15. The number of fused-ring (bicyclic) bond motifs is 1. The van der Waals surface area contributed by atoms with E-state index in [0.717, 1.165) is 10.4 Å². The molecule has 20 heavy (non-hydrogen) atoms. The summed E-state index contributed by atoms with van der Waals surface area (Å²) in [7, 11) is 1.19. The smallest absolute Gasteiger partial charge is 0.347 e. The van der Waals surface area contributed by atoms with Gasteiger partial charge in [-0.25, -0.2) is 4.79 Å². The molecule has 0 spiro atoms. The molecule has 0 radical (unpaired) electrons. The first-order chi connectivity index (χ1) is 9.31. The van der Waals surface area contributed by atoms with E-state index in [0.29, 0.717) is 10.2 Å². The van der Waals surface area contributed by atoms with Crippen LogP contribution in [0.2, 0.25) is 0 Å². The molecule has 0 aliphatic heterocycles. The maximum atomic E-state index is 12.5. The van der Waals surface area contributed by atoms with Crippen molar-refractivity contribution in [2.75, 3.05) is 7.11 Å². The first-order valence-electron chi connectivity index (χ1n) is 6.26. The van der Waals surface area contributed by atoms with E-state index in [-0.39, 0.29) is 17.4 Å². The van der Waals surface area contributed by atoms with Crippen molar-refractivity contribution in [3.05, 3.63) is 26.4 Å². The van der Waals surface area contributed by atoms with Crippen molar-refractivity contribution in [2.45, 2.75) is 33.7 Å². The summed E-state index contributed by atoms with van der Waals surface area (Å²) in [4.78, 5) is 26.0. The first kappa shape index (κ1) is 14.6. The van der Waals surface area contributed by atoms with Gasteiger partial charge in [0.15, 0.2) is 5.56 Å². The van der Waals surface area contributed by atoms with Crippen LogP contribution in [0, 0.1) is 13.8 Å². The van der Waals surface area contributed by atoms with Crippen LogP contribution in [0.15, 0.2) is 4.79 Å². The molecule has 2 rings (SSSR count). The number of aryl methyl sites for hydroxylation is 2. The second kappa shape index (κ2) is 4.94. The second-order valence-corrected chi connectivity index (χ2v) is 6.15. The van der Waals surface area contributed by atoms with Crippen LogP contribution in [0.1, 0.15) is 40.7 Å². The summed E-state index contributed by atoms with van der Waals surface area (Å²) in [5.74, 6) is -1.09. The number of pyridine rings is 1. The molecule has 0 bridgehead atoms. The van der Waals surface area contributed by atoms with Crippen LogP contribution in [0.4, 0.5) is 0 Å². The number of hydrogen-bond donors (Lipinski definition) is 1. The molecule has 108 valence electrons. The van der Waals surface area contributed by atoms with E-state index in [1.54, 1.807) is 0 Å². The molecule has 2 aromatic heterocycles. The van der Waals surface area contributed by atoms with E-state index in [1.165, 1.54) is 23.0 Å². The number of ether oxygens (including phenoxy) is 1. The largest absolute Gasteiger partial charge is 0.506 e. The van der Waals surface area contributed by atoms with E-state index < -0.39 is 11.5 Å². The van der Waals surface area contributed by atoms with Crippen LogP contribution in [0.5, 0.6) is 5.75 Å². The van der Waals surface area contributed by atoms with Gasteiger partial charge in [0, 0.05) is 10.9 Å². The van der Waals surface area contributed by atoms with Crippen molar-refractivity contribution in [3.8, 4) is 5.75 Å². The average Bonchev–Trinajstić information content (AvgIpc) is 2.64. The number of carbonyl (C=O) groups is 1. The lowest BCUT2D eigenvalue weighted by Crippen LogP contribution is -2.28. The third kappa shape index (κ3) is 1.91. The quantitative estimate of drug-likeness (QED) is 0.865. The van der Waals surface area contributed by atoms with Crippen LogP contribution in [-0.2, 0) is 4.74 Å². The molecule has 0 aromatic carbocycles. The molecule has 0 saturated heterocycles. The van der Waals surface area contributed by atoms with Crippen LogP contribution in [-0.4, -0.2) is 22.8 Å². The lowest BCUT2D eigenvalue weighted by molar-refractivity contribution is 0.0595. The summed E-state index contributed by atoms with van der Waals surface area (Å²) >= 11 is 1.44. The number of aromatic nitrogens is 1. The molecular weight excluding hydrogens is 278 g/mol. The summed E-state index contributed by atoms with van der Waals surface area (Å²) in [6.07, 6.45) is 0. The van der Waals surface area contributed by atoms with Crippen LogP contribution >= 0.6 is 11.3 Å². The molecule has 0 unspecified atom stereocenters. The number of methoxy groups -OCH3 is 1. The first-order valence-corrected chi connectivity index (χ1v) is 7.08. The minimum absolute atomic E-state index is 0.119. The molecule has 1 N–H and O–H groups in total. The zero-order valence-corrected chi connectivity index (χ0v) is 12.9. The van der Waals surface area contributed by atoms with Gasteiger partial charge in [0.25, 0.3) is 5.56 Å². The number of nitrogens with zero attached hydrogens (tertiary/aromatic N) is 1. The molecule has 2 heterocycles. The molecule has 2 aromatic rings. The Labute approximate surface area is 120 Å². The molecule has 0 aliphatic rings. The normalized spacial score (nSPS) is 11.3. The molecule has 0 saturated carbocycles. The number of esters is 1. The van der Waals surface area contributed by atoms with Crippen molar-refractivity contribution >= 4 is 27.5 Å². The number of aromatic hydroxyl groups is 1. The summed E-state index contributed by atoms with van der Waals surface area (Å²) in [5.41, 5.74) is 0.0646. The van der Waals surface area contributed by atoms with Crippen LogP contribution < -0.4 is 5.56 Å². The van der Waals surface area contributed by atoms with E-state index in [1.807, 2.05) is 27.7 Å². The highest BCUT2D eigenvalue weighted by Gasteiger charge is 2.26. The highest BCUT2D eigenvalue weighted by atomic mass is 32.1. The molecule has 0 amide bonds. The summed E-state index contributed by atoms with van der Waals surface area (Å²) in [6.45, 7) is 7.52. The maximum Gasteiger partial charge on any atom is 0.347 e. The Morgan fingerprint density at radius 1 is 1.35 bits per heavy atom. The van der Waals surface area contributed by atoms with Gasteiger partial charge in [-0.2, -0.15) is 0 Å². The Balaban J connectivity index is 3.07. The third-order valence-electron chi connectivity index (χ3n) is 3.40. The van der Waals surface area contributed by atoms with Gasteiger partial charge in [0.05, 0.1) is 12.5 Å². The van der Waals surface area contributed by atoms with Gasteiger partial charge < -0.3 is 9.84 Å². The number of thiophene rings is 1. The molecule has 0 aliphatic carbocycles. The SMILES string of the molecule is COC(=O)c1c(O)c2c(C)c(C)sc2n(C(C)C)c1=O. The maximum absolute atomic E-state index is 12.5. The second-order valence-electron chi connectivity index (χ2n) is 4.95. The highest BCUT2D eigenvalue weighted by molar-refractivity contribution is 7.18. The molecule has 6 heteroatoms. The predicted molar refractivity (Wildman–Crippen MR) is 78.9 cm³/mol. The fraction of sp³-hybridized carbons (Fsp3) is 0.429. The lowest BCUT2D eigenvalue weighted by Gasteiger charge is -2.14. The minimum atomic E-state index is -0.813. The van der Waals surface area contributed by atoms with Gasteiger partial charge in [0.2, 0.25) is 0 Å². The van der Waals surface area contributed by atoms with Crippen LogP contribution in [0.25, 0.3) is 10.2 Å². The Hall–Kier alpha value is -1.82. The average molecular weight is 295 g/mol. The number of hydrogen-bond acceptors (Lipinski definition) is 5. The van der Waals surface area contributed by atoms with Gasteiger partial charge in [-0.15, -0.1) is 11.3 Å². The van der Waals surface area contributed by atoms with Crippen molar-refractivity contribution in [1.29, 1.82) is 0 Å². The lowest BCUT2D eigenvalue weighted by atomic mass is 10.1. The fourth-order valence-electron chi connectivity index (χ4n) is 2.25. The summed E-state index contributed by atoms with van der Waals surface area (Å²) in [5, 5.41) is 10.9. The van der Waals surface area contributed by atoms with Crippen molar-refractivity contribution < 1.29 is 14.6 Å². The predicted octanol–water partition coefficient (Wildman–Crippen LogP) is 2.75. The Bertz CT molecular complexity index is 755. The van der Waals surface area contributed by atoms with Gasteiger partial charge >= 0.3 is 5.97 Å². The fourth-order valence-corrected chi connectivity index (χ4v) is 3.54. The van der Waals surface area contributed by atoms with Crippen molar-refractivity contribution in [1.82, 2.24) is 4.57 Å². The van der Waals surface area contributed by atoms with Gasteiger partial charge in [-0.3, -0.25) is 9.36 Å². The number of carbonyl (C=O) groups excluding carboxylic acids is 1. The van der Waals surface area contributed by atoms with Gasteiger partial charge in [-0.05, 0) is 33.3 Å². The van der Waals surface area contributed by atoms with E-state index in [9.17, 15) is 14.7 Å². The van der Waals surface area contributed by atoms with Crippen LogP contribution in [0.3, 0.4) is 0 Å². The van der Waals surface area contributed by atoms with Crippen molar-refractivity contribution in [3.63, 3.8) is 0 Å². The van der Waals surface area contributed by atoms with Crippen molar-refractivity contribution in [2.24, 2.45) is 0 Å². The van der Waals surface area contributed by atoms with E-state index in [4.69, 9.17) is 0 Å². The zero-order valence-electron chi connectivity index (χ0n) is 12.1. The molecule has 0 atom stereocenters. The zero-order chi connectivity index (χ0) is 15.2. The molecule has 5 nitrogen and oxygen atoms in total. The molecule has 0 fully saturated rings. The topological polar surface area (TPSA) is 68.5 Å². The van der Waals surface area contributed by atoms with Gasteiger partial charge in [0.1, 0.15) is 10.6 Å². The third-order valence-corrected chi connectivity index (χ3v) is 4.60. The molecular formula is C14H17NO4S. The van der Waals surface area contributed by atoms with E-state index >= 15 is 0 Å². The van der Waals surface area contributed by atoms with E-state index in [2.05, 4.69) is 4.74 Å². The number of rotatable bonds is 2. The Kier molecular flexibility index (Phi) is 3.60. The standard InChI is InChI=1S/C14H17NO4S/c1-6(2)15-12(17)10(14(18)19-5)11(16)9-7(3)8(4)20-13(9)15/h6,16H,1-5H3. The van der Waals surface area contributed by atoms with Gasteiger partial charge in [-0.1, -0.05) is 0 Å². The minimum Gasteiger partial charge on any atom is -0.506 e. The summed E-state index contributed by atoms with van der Waals surface area (Å²) in [6, 6.07) is -0.119. The monoisotopic (exact) mass is 295 g/mol. The Morgan fingerprint density at radius 3 is 2.45 bits per heavy atom.